The lowest BCUT2D eigenvalue weighted by Gasteiger charge is -2.18. The smallest absolute Gasteiger partial charge is 0.0434 e. The number of rotatable bonds is 3. The van der Waals surface area contributed by atoms with E-state index < -0.39 is 0 Å². The zero-order valence-electron chi connectivity index (χ0n) is 11.9. The number of benzene rings is 2. The van der Waals surface area contributed by atoms with Crippen molar-refractivity contribution in [3.8, 4) is 0 Å². The van der Waals surface area contributed by atoms with Crippen LogP contribution < -0.4 is 16.0 Å². The first-order chi connectivity index (χ1) is 9.74. The molecule has 1 heterocycles. The van der Waals surface area contributed by atoms with Crippen LogP contribution >= 0.6 is 0 Å². The molecular weight excluding hydrogens is 246 g/mol. The number of nitrogens with zero attached hydrogens (tertiary/aromatic N) is 1. The van der Waals surface area contributed by atoms with E-state index in [4.69, 9.17) is 5.73 Å². The summed E-state index contributed by atoms with van der Waals surface area (Å²) in [4.78, 5) is 2.44. The molecular formula is C17H21N3. The van der Waals surface area contributed by atoms with Gasteiger partial charge in [0.15, 0.2) is 0 Å². The molecule has 0 saturated carbocycles. The highest BCUT2D eigenvalue weighted by Gasteiger charge is 2.11. The van der Waals surface area contributed by atoms with E-state index in [0.717, 1.165) is 22.6 Å². The van der Waals surface area contributed by atoms with E-state index in [1.165, 1.54) is 31.6 Å². The largest absolute Gasteiger partial charge is 0.398 e. The van der Waals surface area contributed by atoms with Crippen LogP contribution in [0.4, 0.5) is 22.7 Å². The molecule has 2 aromatic rings. The van der Waals surface area contributed by atoms with Crippen LogP contribution in [-0.4, -0.2) is 13.1 Å². The Morgan fingerprint density at radius 3 is 2.40 bits per heavy atom. The normalized spacial score (nSPS) is 14.6. The minimum absolute atomic E-state index is 0.823. The molecule has 0 amide bonds. The number of hydrogen-bond donors (Lipinski definition) is 2. The fourth-order valence-corrected chi connectivity index (χ4v) is 2.68. The molecule has 1 aliphatic heterocycles. The van der Waals surface area contributed by atoms with Gasteiger partial charge < -0.3 is 16.0 Å². The van der Waals surface area contributed by atoms with Crippen LogP contribution in [0, 0.1) is 6.92 Å². The van der Waals surface area contributed by atoms with Gasteiger partial charge in [0.05, 0.1) is 0 Å². The van der Waals surface area contributed by atoms with Gasteiger partial charge in [-0.1, -0.05) is 6.07 Å². The van der Waals surface area contributed by atoms with E-state index in [1.54, 1.807) is 0 Å². The van der Waals surface area contributed by atoms with E-state index in [1.807, 2.05) is 19.1 Å². The summed E-state index contributed by atoms with van der Waals surface area (Å²) in [5, 5.41) is 3.43. The van der Waals surface area contributed by atoms with E-state index in [-0.39, 0.29) is 0 Å². The van der Waals surface area contributed by atoms with Crippen LogP contribution in [0.3, 0.4) is 0 Å². The summed E-state index contributed by atoms with van der Waals surface area (Å²) in [7, 11) is 0. The molecule has 3 heteroatoms. The summed E-state index contributed by atoms with van der Waals surface area (Å²) in [5.41, 5.74) is 11.3. The van der Waals surface area contributed by atoms with Gasteiger partial charge in [-0.3, -0.25) is 0 Å². The van der Waals surface area contributed by atoms with Crippen LogP contribution in [0.2, 0.25) is 0 Å². The molecule has 0 aromatic heterocycles. The van der Waals surface area contributed by atoms with E-state index in [2.05, 4.69) is 40.5 Å². The molecule has 0 unspecified atom stereocenters. The molecule has 1 aliphatic rings. The molecule has 0 aliphatic carbocycles. The van der Waals surface area contributed by atoms with Crippen LogP contribution in [0.1, 0.15) is 18.4 Å². The van der Waals surface area contributed by atoms with Crippen molar-refractivity contribution in [3.05, 3.63) is 48.0 Å². The van der Waals surface area contributed by atoms with Gasteiger partial charge in [-0.05, 0) is 61.7 Å². The second-order valence-corrected chi connectivity index (χ2v) is 5.39. The monoisotopic (exact) mass is 267 g/mol. The van der Waals surface area contributed by atoms with Crippen molar-refractivity contribution < 1.29 is 0 Å². The van der Waals surface area contributed by atoms with E-state index in [0.29, 0.717) is 0 Å². The Morgan fingerprint density at radius 2 is 1.70 bits per heavy atom. The summed E-state index contributed by atoms with van der Waals surface area (Å²) in [6.07, 6.45) is 2.62. The SMILES string of the molecule is Cc1c(N)cccc1Nc1ccc(N2CCCC2)cc1. The lowest BCUT2D eigenvalue weighted by Crippen LogP contribution is -2.17. The highest BCUT2D eigenvalue weighted by atomic mass is 15.1. The van der Waals surface area contributed by atoms with E-state index >= 15 is 0 Å². The Balaban J connectivity index is 1.76. The van der Waals surface area contributed by atoms with Crippen LogP contribution in [0.5, 0.6) is 0 Å². The van der Waals surface area contributed by atoms with Crippen LogP contribution in [-0.2, 0) is 0 Å². The Kier molecular flexibility index (Phi) is 3.50. The molecule has 3 rings (SSSR count). The average Bonchev–Trinajstić information content (AvgIpc) is 2.99. The summed E-state index contributed by atoms with van der Waals surface area (Å²) in [6.45, 7) is 4.40. The Bertz CT molecular complexity index is 584. The first-order valence-electron chi connectivity index (χ1n) is 7.21. The number of anilines is 4. The van der Waals surface area contributed by atoms with Gasteiger partial charge in [0.1, 0.15) is 0 Å². The van der Waals surface area contributed by atoms with Crippen molar-refractivity contribution in [1.82, 2.24) is 0 Å². The Labute approximate surface area is 120 Å². The van der Waals surface area contributed by atoms with Gasteiger partial charge in [-0.15, -0.1) is 0 Å². The highest BCUT2D eigenvalue weighted by molar-refractivity contribution is 5.70. The van der Waals surface area contributed by atoms with Gasteiger partial charge in [0.25, 0.3) is 0 Å². The topological polar surface area (TPSA) is 41.3 Å². The van der Waals surface area contributed by atoms with Crippen molar-refractivity contribution in [2.24, 2.45) is 0 Å². The second kappa shape index (κ2) is 5.45. The average molecular weight is 267 g/mol. The van der Waals surface area contributed by atoms with Crippen LogP contribution in [0.15, 0.2) is 42.5 Å². The fraction of sp³-hybridized carbons (Fsp3) is 0.294. The maximum Gasteiger partial charge on any atom is 0.0434 e. The summed E-state index contributed by atoms with van der Waals surface area (Å²) in [6, 6.07) is 14.6. The van der Waals surface area contributed by atoms with Gasteiger partial charge in [0.2, 0.25) is 0 Å². The molecule has 2 aromatic carbocycles. The zero-order valence-corrected chi connectivity index (χ0v) is 11.9. The van der Waals surface area contributed by atoms with E-state index in [9.17, 15) is 0 Å². The number of nitrogens with two attached hydrogens (primary N) is 1. The summed E-state index contributed by atoms with van der Waals surface area (Å²) >= 11 is 0. The molecule has 104 valence electrons. The van der Waals surface area contributed by atoms with Gasteiger partial charge in [-0.2, -0.15) is 0 Å². The van der Waals surface area contributed by atoms with Crippen molar-refractivity contribution in [2.45, 2.75) is 19.8 Å². The third-order valence-corrected chi connectivity index (χ3v) is 3.99. The van der Waals surface area contributed by atoms with Crippen molar-refractivity contribution >= 4 is 22.7 Å². The molecule has 0 spiro atoms. The molecule has 0 bridgehead atoms. The van der Waals surface area contributed by atoms with Gasteiger partial charge in [0, 0.05) is 35.8 Å². The molecule has 3 N–H and O–H groups in total. The molecule has 20 heavy (non-hydrogen) atoms. The Morgan fingerprint density at radius 1 is 1.00 bits per heavy atom. The highest BCUT2D eigenvalue weighted by Crippen LogP contribution is 2.27. The maximum atomic E-state index is 5.93. The molecule has 3 nitrogen and oxygen atoms in total. The Hall–Kier alpha value is -2.16. The zero-order chi connectivity index (χ0) is 13.9. The number of nitrogen functional groups attached to an aromatic ring is 1. The van der Waals surface area contributed by atoms with Gasteiger partial charge in [-0.25, -0.2) is 0 Å². The van der Waals surface area contributed by atoms with Crippen LogP contribution in [0.25, 0.3) is 0 Å². The lowest BCUT2D eigenvalue weighted by atomic mass is 10.1. The summed E-state index contributed by atoms with van der Waals surface area (Å²) in [5.74, 6) is 0. The lowest BCUT2D eigenvalue weighted by molar-refractivity contribution is 0.949. The molecule has 0 radical (unpaired) electrons. The standard InChI is InChI=1S/C17H21N3/c1-13-16(18)5-4-6-17(13)19-14-7-9-15(10-8-14)20-11-2-3-12-20/h4-10,19H,2-3,11-12,18H2,1H3. The van der Waals surface area contributed by atoms with Crippen molar-refractivity contribution in [3.63, 3.8) is 0 Å². The molecule has 1 fully saturated rings. The minimum Gasteiger partial charge on any atom is -0.398 e. The number of nitrogens with one attached hydrogen (secondary N) is 1. The second-order valence-electron chi connectivity index (χ2n) is 5.39. The number of hydrogen-bond acceptors (Lipinski definition) is 3. The molecule has 1 saturated heterocycles. The quantitative estimate of drug-likeness (QED) is 0.828. The predicted octanol–water partition coefficient (Wildman–Crippen LogP) is 3.92. The maximum absolute atomic E-state index is 5.93. The molecule has 0 atom stereocenters. The van der Waals surface area contributed by atoms with Crippen molar-refractivity contribution in [2.75, 3.05) is 29.0 Å². The third kappa shape index (κ3) is 2.57. The third-order valence-electron chi connectivity index (χ3n) is 3.99. The fourth-order valence-electron chi connectivity index (χ4n) is 2.68. The predicted molar refractivity (Wildman–Crippen MR) is 86.8 cm³/mol. The summed E-state index contributed by atoms with van der Waals surface area (Å²) < 4.78 is 0. The van der Waals surface area contributed by atoms with Gasteiger partial charge >= 0.3 is 0 Å². The van der Waals surface area contributed by atoms with Crippen molar-refractivity contribution in [1.29, 1.82) is 0 Å². The minimum atomic E-state index is 0.823. The first-order valence-corrected chi connectivity index (χ1v) is 7.21. The first kappa shape index (κ1) is 12.9.